The van der Waals surface area contributed by atoms with E-state index in [-0.39, 0.29) is 5.91 Å². The lowest BCUT2D eigenvalue weighted by Gasteiger charge is -2.01. The Hall–Kier alpha value is -4.05. The molecule has 4 heteroatoms. The molecule has 0 aliphatic heterocycles. The first-order chi connectivity index (χ1) is 14.3. The predicted molar refractivity (Wildman–Crippen MR) is 116 cm³/mol. The number of rotatable bonds is 4. The molecule has 4 nitrogen and oxygen atoms in total. The average molecular weight is 379 g/mol. The molecule has 0 fully saturated rings. The van der Waals surface area contributed by atoms with Crippen LogP contribution in [0.3, 0.4) is 0 Å². The molecule has 5 rings (SSSR count). The molecular weight excluding hydrogens is 362 g/mol. The molecule has 29 heavy (non-hydrogen) atoms. The highest BCUT2D eigenvalue weighted by Crippen LogP contribution is 2.30. The zero-order chi connectivity index (χ0) is 19.6. The average Bonchev–Trinajstić information content (AvgIpc) is 3.37. The van der Waals surface area contributed by atoms with E-state index in [0.29, 0.717) is 11.4 Å². The molecule has 2 heterocycles. The number of fused-ring (bicyclic) bond motifs is 3. The molecule has 0 saturated carbocycles. The maximum absolute atomic E-state index is 12.3. The zero-order valence-electron chi connectivity index (χ0n) is 15.5. The number of hydrogen-bond donors (Lipinski definition) is 1. The number of hydrogen-bond acceptors (Lipinski definition) is 3. The third-order valence-electron chi connectivity index (χ3n) is 4.73. The second kappa shape index (κ2) is 7.17. The first-order valence-corrected chi connectivity index (χ1v) is 9.32. The van der Waals surface area contributed by atoms with Crippen molar-refractivity contribution in [2.24, 2.45) is 0 Å². The summed E-state index contributed by atoms with van der Waals surface area (Å²) >= 11 is 0. The SMILES string of the molecule is O=C(/C=C/c1ccc(-c2ccccc2)o1)Nc1ccc2c(c1)oc1ccccc12. The van der Waals surface area contributed by atoms with Crippen molar-refractivity contribution < 1.29 is 13.6 Å². The molecule has 140 valence electrons. The fourth-order valence-electron chi connectivity index (χ4n) is 3.35. The van der Waals surface area contributed by atoms with Gasteiger partial charge in [0.25, 0.3) is 0 Å². The highest BCUT2D eigenvalue weighted by molar-refractivity contribution is 6.07. The highest BCUT2D eigenvalue weighted by Gasteiger charge is 2.08. The minimum Gasteiger partial charge on any atom is -0.457 e. The van der Waals surface area contributed by atoms with E-state index in [1.807, 2.05) is 84.9 Å². The Balaban J connectivity index is 1.31. The molecule has 0 radical (unpaired) electrons. The summed E-state index contributed by atoms with van der Waals surface area (Å²) in [5.74, 6) is 1.14. The molecule has 0 atom stereocenters. The quantitative estimate of drug-likeness (QED) is 0.363. The maximum atomic E-state index is 12.3. The second-order valence-corrected chi connectivity index (χ2v) is 6.70. The van der Waals surface area contributed by atoms with Crippen LogP contribution in [0.2, 0.25) is 0 Å². The fourth-order valence-corrected chi connectivity index (χ4v) is 3.35. The van der Waals surface area contributed by atoms with Crippen LogP contribution in [0.15, 0.2) is 99.8 Å². The van der Waals surface area contributed by atoms with Crippen molar-refractivity contribution in [3.05, 3.63) is 96.8 Å². The van der Waals surface area contributed by atoms with Crippen molar-refractivity contribution in [1.29, 1.82) is 0 Å². The third kappa shape index (κ3) is 3.44. The normalized spacial score (nSPS) is 11.4. The molecule has 0 aliphatic carbocycles. The maximum Gasteiger partial charge on any atom is 0.248 e. The third-order valence-corrected chi connectivity index (χ3v) is 4.73. The van der Waals surface area contributed by atoms with Crippen LogP contribution in [0, 0.1) is 0 Å². The monoisotopic (exact) mass is 379 g/mol. The lowest BCUT2D eigenvalue weighted by Crippen LogP contribution is -2.07. The highest BCUT2D eigenvalue weighted by atomic mass is 16.3. The Morgan fingerprint density at radius 1 is 0.759 bits per heavy atom. The Kier molecular flexibility index (Phi) is 4.22. The topological polar surface area (TPSA) is 55.4 Å². The van der Waals surface area contributed by atoms with Gasteiger partial charge in [-0.25, -0.2) is 0 Å². The van der Waals surface area contributed by atoms with Gasteiger partial charge in [0.2, 0.25) is 5.91 Å². The molecule has 2 aromatic heterocycles. The smallest absolute Gasteiger partial charge is 0.248 e. The van der Waals surface area contributed by atoms with E-state index in [9.17, 15) is 4.79 Å². The van der Waals surface area contributed by atoms with Crippen LogP contribution in [-0.4, -0.2) is 5.91 Å². The number of nitrogens with one attached hydrogen (secondary N) is 1. The number of furan rings is 2. The van der Waals surface area contributed by atoms with E-state index in [1.54, 1.807) is 6.08 Å². The predicted octanol–water partition coefficient (Wildman–Crippen LogP) is 6.50. The van der Waals surface area contributed by atoms with Crippen LogP contribution in [-0.2, 0) is 4.79 Å². The molecule has 0 spiro atoms. The summed E-state index contributed by atoms with van der Waals surface area (Å²) in [7, 11) is 0. The molecule has 1 N–H and O–H groups in total. The molecule has 0 bridgehead atoms. The van der Waals surface area contributed by atoms with Gasteiger partial charge in [-0.2, -0.15) is 0 Å². The van der Waals surface area contributed by atoms with Gasteiger partial charge in [-0.1, -0.05) is 48.5 Å². The van der Waals surface area contributed by atoms with Gasteiger partial charge in [0, 0.05) is 34.2 Å². The van der Waals surface area contributed by atoms with E-state index in [0.717, 1.165) is 33.3 Å². The Morgan fingerprint density at radius 3 is 2.45 bits per heavy atom. The Morgan fingerprint density at radius 2 is 1.55 bits per heavy atom. The second-order valence-electron chi connectivity index (χ2n) is 6.70. The number of para-hydroxylation sites is 1. The van der Waals surface area contributed by atoms with Gasteiger partial charge in [0.05, 0.1) is 0 Å². The fraction of sp³-hybridized carbons (Fsp3) is 0. The van der Waals surface area contributed by atoms with Crippen molar-refractivity contribution in [3.8, 4) is 11.3 Å². The van der Waals surface area contributed by atoms with Crippen LogP contribution in [0.5, 0.6) is 0 Å². The van der Waals surface area contributed by atoms with Gasteiger partial charge in [-0.05, 0) is 36.4 Å². The molecule has 3 aromatic carbocycles. The van der Waals surface area contributed by atoms with Gasteiger partial charge in [-0.15, -0.1) is 0 Å². The lowest BCUT2D eigenvalue weighted by molar-refractivity contribution is -0.111. The first kappa shape index (κ1) is 17.1. The molecule has 5 aromatic rings. The van der Waals surface area contributed by atoms with Gasteiger partial charge >= 0.3 is 0 Å². The minimum absolute atomic E-state index is 0.238. The zero-order valence-corrected chi connectivity index (χ0v) is 15.5. The van der Waals surface area contributed by atoms with Crippen molar-refractivity contribution in [3.63, 3.8) is 0 Å². The van der Waals surface area contributed by atoms with Crippen LogP contribution in [0.4, 0.5) is 5.69 Å². The number of anilines is 1. The Labute approximate surface area is 167 Å². The number of carbonyl (C=O) groups is 1. The summed E-state index contributed by atoms with van der Waals surface area (Å²) in [5, 5.41) is 4.95. The summed E-state index contributed by atoms with van der Waals surface area (Å²) in [4.78, 5) is 12.3. The summed E-state index contributed by atoms with van der Waals surface area (Å²) in [6.07, 6.45) is 3.11. The first-order valence-electron chi connectivity index (χ1n) is 9.32. The van der Waals surface area contributed by atoms with E-state index in [1.165, 1.54) is 6.08 Å². The van der Waals surface area contributed by atoms with Crippen molar-refractivity contribution in [2.75, 3.05) is 5.32 Å². The standard InChI is InChI=1S/C25H17NO3/c27-25(15-12-19-11-14-22(28-19)17-6-2-1-3-7-17)26-18-10-13-21-20-8-4-5-9-23(20)29-24(21)16-18/h1-16H,(H,26,27)/b15-12+. The Bertz CT molecular complexity index is 1340. The summed E-state index contributed by atoms with van der Waals surface area (Å²) < 4.78 is 11.6. The van der Waals surface area contributed by atoms with Crippen LogP contribution < -0.4 is 5.32 Å². The van der Waals surface area contributed by atoms with Crippen LogP contribution >= 0.6 is 0 Å². The molecule has 0 unspecified atom stereocenters. The van der Waals surface area contributed by atoms with E-state index in [2.05, 4.69) is 5.32 Å². The van der Waals surface area contributed by atoms with E-state index in [4.69, 9.17) is 8.83 Å². The summed E-state index contributed by atoms with van der Waals surface area (Å²) in [6, 6.07) is 27.1. The van der Waals surface area contributed by atoms with Gasteiger partial charge in [0.1, 0.15) is 22.7 Å². The summed E-state index contributed by atoms with van der Waals surface area (Å²) in [6.45, 7) is 0. The van der Waals surface area contributed by atoms with Crippen molar-refractivity contribution >= 4 is 39.6 Å². The van der Waals surface area contributed by atoms with E-state index < -0.39 is 0 Å². The number of benzene rings is 3. The number of amides is 1. The number of carbonyl (C=O) groups excluding carboxylic acids is 1. The minimum atomic E-state index is -0.238. The van der Waals surface area contributed by atoms with Crippen molar-refractivity contribution in [1.82, 2.24) is 0 Å². The molecule has 0 saturated heterocycles. The molecule has 0 aliphatic rings. The largest absolute Gasteiger partial charge is 0.457 e. The molecule has 1 amide bonds. The van der Waals surface area contributed by atoms with Gasteiger partial charge in [-0.3, -0.25) is 4.79 Å². The van der Waals surface area contributed by atoms with E-state index >= 15 is 0 Å². The summed E-state index contributed by atoms with van der Waals surface area (Å²) in [5.41, 5.74) is 3.25. The van der Waals surface area contributed by atoms with Crippen LogP contribution in [0.25, 0.3) is 39.3 Å². The lowest BCUT2D eigenvalue weighted by atomic mass is 10.1. The van der Waals surface area contributed by atoms with Crippen molar-refractivity contribution in [2.45, 2.75) is 0 Å². The van der Waals surface area contributed by atoms with Gasteiger partial charge in [0.15, 0.2) is 0 Å². The van der Waals surface area contributed by atoms with Crippen LogP contribution in [0.1, 0.15) is 5.76 Å². The van der Waals surface area contributed by atoms with Gasteiger partial charge < -0.3 is 14.2 Å². The molecular formula is C25H17NO3.